The van der Waals surface area contributed by atoms with Crippen LogP contribution in [-0.4, -0.2) is 29.3 Å². The van der Waals surface area contributed by atoms with Gasteiger partial charge in [-0.2, -0.15) is 26.3 Å². The molecule has 0 saturated heterocycles. The van der Waals surface area contributed by atoms with E-state index in [1.54, 1.807) is 0 Å². The summed E-state index contributed by atoms with van der Waals surface area (Å²) in [5.41, 5.74) is -0.640. The number of carbonyl (C=O) groups is 1. The van der Waals surface area contributed by atoms with E-state index >= 15 is 0 Å². The van der Waals surface area contributed by atoms with Crippen LogP contribution < -0.4 is 5.43 Å². The molecule has 17 heavy (non-hydrogen) atoms. The number of hydrogen-bond acceptors (Lipinski definition) is 3. The molecule has 0 aliphatic heterocycles. The van der Waals surface area contributed by atoms with E-state index in [0.717, 1.165) is 0 Å². The average Bonchev–Trinajstić information content (AvgIpc) is 1.91. The topological polar surface area (TPSA) is 41.6 Å². The Bertz CT molecular complexity index is 266. The smallest absolute Gasteiger partial charge is 0.443 e. The van der Waals surface area contributed by atoms with Gasteiger partial charge in [0.2, 0.25) is 0 Å². The van der Waals surface area contributed by atoms with E-state index in [1.165, 1.54) is 20.8 Å². The second-order valence-corrected chi connectivity index (χ2v) is 3.88. The molecule has 0 bridgehead atoms. The van der Waals surface area contributed by atoms with Gasteiger partial charge in [0.05, 0.1) is 0 Å². The van der Waals surface area contributed by atoms with Gasteiger partial charge in [0.15, 0.2) is 0 Å². The Kier molecular flexibility index (Phi) is 4.27. The molecule has 0 saturated carbocycles. The maximum atomic E-state index is 11.9. The van der Waals surface area contributed by atoms with E-state index in [0.29, 0.717) is 5.43 Å². The molecule has 1 N–H and O–H groups in total. The molecule has 0 heterocycles. The van der Waals surface area contributed by atoms with Crippen molar-refractivity contribution < 1.29 is 35.9 Å². The Labute approximate surface area is 92.5 Å². The Morgan fingerprint density at radius 1 is 1.00 bits per heavy atom. The Balaban J connectivity index is 4.75. The van der Waals surface area contributed by atoms with Crippen LogP contribution in [0.15, 0.2) is 0 Å². The third-order valence-corrected chi connectivity index (χ3v) is 1.11. The summed E-state index contributed by atoms with van der Waals surface area (Å²) in [5.74, 6) is 0. The maximum Gasteiger partial charge on any atom is 0.485 e. The zero-order valence-corrected chi connectivity index (χ0v) is 9.03. The lowest BCUT2D eigenvalue weighted by atomic mass is 10.2. The summed E-state index contributed by atoms with van der Waals surface area (Å²) in [6, 6.07) is 0. The van der Waals surface area contributed by atoms with Crippen LogP contribution in [0, 0.1) is 0 Å². The van der Waals surface area contributed by atoms with Crippen LogP contribution >= 0.6 is 0 Å². The average molecular weight is 268 g/mol. The van der Waals surface area contributed by atoms with Crippen LogP contribution in [0.1, 0.15) is 20.8 Å². The van der Waals surface area contributed by atoms with Gasteiger partial charge >= 0.3 is 18.7 Å². The number of halogens is 6. The summed E-state index contributed by atoms with van der Waals surface area (Å²) >= 11 is 0. The van der Waals surface area contributed by atoms with Gasteiger partial charge in [-0.15, -0.1) is 0 Å². The first-order valence-corrected chi connectivity index (χ1v) is 4.17. The van der Waals surface area contributed by atoms with E-state index in [4.69, 9.17) is 0 Å². The molecule has 0 aromatic heterocycles. The number of hydrazine groups is 1. The van der Waals surface area contributed by atoms with Crippen LogP contribution in [0.3, 0.4) is 0 Å². The molecule has 0 spiro atoms. The molecule has 1 amide bonds. The summed E-state index contributed by atoms with van der Waals surface area (Å²) < 4.78 is 75.9. The van der Waals surface area contributed by atoms with Crippen molar-refractivity contribution in [1.82, 2.24) is 10.4 Å². The molecule has 0 unspecified atom stereocenters. The van der Waals surface area contributed by atoms with Crippen LogP contribution in [0.4, 0.5) is 31.1 Å². The van der Waals surface area contributed by atoms with Gasteiger partial charge in [-0.1, -0.05) is 0 Å². The molecular formula is C7H10F6N2O2. The number of nitrogens with one attached hydrogen (secondary N) is 1. The fraction of sp³-hybridized carbons (Fsp3) is 0.857. The third kappa shape index (κ3) is 6.19. The van der Waals surface area contributed by atoms with E-state index in [1.807, 2.05) is 0 Å². The second kappa shape index (κ2) is 4.59. The van der Waals surface area contributed by atoms with Gasteiger partial charge in [0.1, 0.15) is 5.60 Å². The number of rotatable bonds is 1. The SMILES string of the molecule is CC(C)(C)OC(=O)NN(C(F)(F)F)C(F)(F)F. The van der Waals surface area contributed by atoms with Gasteiger partial charge < -0.3 is 4.74 Å². The highest BCUT2D eigenvalue weighted by atomic mass is 19.4. The van der Waals surface area contributed by atoms with Crippen LogP contribution in [-0.2, 0) is 4.74 Å². The molecule has 0 aliphatic carbocycles. The monoisotopic (exact) mass is 268 g/mol. The largest absolute Gasteiger partial charge is 0.485 e. The molecule has 10 heteroatoms. The standard InChI is InChI=1S/C7H10F6N2O2/c1-5(2,3)17-4(16)14-15(6(8,9)10)7(11,12)13/h1-3H3,(H,14,16). The van der Waals surface area contributed by atoms with Crippen LogP contribution in [0.2, 0.25) is 0 Å². The predicted molar refractivity (Wildman–Crippen MR) is 43.3 cm³/mol. The van der Waals surface area contributed by atoms with E-state index in [2.05, 4.69) is 4.74 Å². The quantitative estimate of drug-likeness (QED) is 0.451. The highest BCUT2D eigenvalue weighted by Gasteiger charge is 2.55. The van der Waals surface area contributed by atoms with E-state index < -0.39 is 29.3 Å². The number of carbonyl (C=O) groups excluding carboxylic acids is 1. The summed E-state index contributed by atoms with van der Waals surface area (Å²) in [7, 11) is 0. The van der Waals surface area contributed by atoms with Crippen molar-refractivity contribution in [3.05, 3.63) is 0 Å². The number of alkyl halides is 6. The van der Waals surface area contributed by atoms with Gasteiger partial charge in [0, 0.05) is 0 Å². The number of nitrogens with zero attached hydrogens (tertiary/aromatic N) is 1. The highest BCUT2D eigenvalue weighted by Crippen LogP contribution is 2.31. The first-order chi connectivity index (χ1) is 7.23. The van der Waals surface area contributed by atoms with Gasteiger partial charge in [-0.25, -0.2) is 10.2 Å². The molecule has 0 aromatic rings. The normalized spacial score (nSPS) is 13.8. The molecule has 0 radical (unpaired) electrons. The first kappa shape index (κ1) is 15.8. The lowest BCUT2D eigenvalue weighted by Gasteiger charge is -2.28. The second-order valence-electron chi connectivity index (χ2n) is 3.88. The fourth-order valence-electron chi connectivity index (χ4n) is 0.663. The number of ether oxygens (including phenoxy) is 1. The summed E-state index contributed by atoms with van der Waals surface area (Å²) in [6.07, 6.45) is -13.4. The molecule has 0 aliphatic rings. The van der Waals surface area contributed by atoms with Crippen molar-refractivity contribution in [2.75, 3.05) is 0 Å². The summed E-state index contributed by atoms with van der Waals surface area (Å²) in [6.45, 7) is 3.87. The lowest BCUT2D eigenvalue weighted by molar-refractivity contribution is -0.387. The molecular weight excluding hydrogens is 258 g/mol. The minimum absolute atomic E-state index is 0.576. The molecule has 102 valence electrons. The van der Waals surface area contributed by atoms with Gasteiger partial charge in [0.25, 0.3) is 0 Å². The minimum Gasteiger partial charge on any atom is -0.443 e. The van der Waals surface area contributed by atoms with Crippen LogP contribution in [0.25, 0.3) is 0 Å². The van der Waals surface area contributed by atoms with E-state index in [9.17, 15) is 31.1 Å². The highest BCUT2D eigenvalue weighted by molar-refractivity contribution is 5.67. The van der Waals surface area contributed by atoms with E-state index in [-0.39, 0.29) is 0 Å². The van der Waals surface area contributed by atoms with Crippen molar-refractivity contribution in [2.24, 2.45) is 0 Å². The molecule has 0 atom stereocenters. The molecule has 4 nitrogen and oxygen atoms in total. The van der Waals surface area contributed by atoms with Gasteiger partial charge in [-0.3, -0.25) is 0 Å². The summed E-state index contributed by atoms with van der Waals surface area (Å²) in [4.78, 5) is 10.8. The third-order valence-electron chi connectivity index (χ3n) is 1.11. The lowest BCUT2D eigenvalue weighted by Crippen LogP contribution is -2.58. The first-order valence-electron chi connectivity index (χ1n) is 4.17. The van der Waals surface area contributed by atoms with Crippen molar-refractivity contribution in [1.29, 1.82) is 0 Å². The van der Waals surface area contributed by atoms with Gasteiger partial charge in [-0.05, 0) is 25.8 Å². The maximum absolute atomic E-state index is 11.9. The predicted octanol–water partition coefficient (Wildman–Crippen LogP) is 2.77. The fourth-order valence-corrected chi connectivity index (χ4v) is 0.663. The number of amides is 1. The summed E-state index contributed by atoms with van der Waals surface area (Å²) in [5, 5.41) is -2.09. The Hall–Kier alpha value is -1.19. The van der Waals surface area contributed by atoms with Crippen molar-refractivity contribution in [3.8, 4) is 0 Å². The Morgan fingerprint density at radius 3 is 1.59 bits per heavy atom. The van der Waals surface area contributed by atoms with Crippen molar-refractivity contribution in [2.45, 2.75) is 39.0 Å². The molecule has 0 fully saturated rings. The Morgan fingerprint density at radius 2 is 1.35 bits per heavy atom. The van der Waals surface area contributed by atoms with Crippen molar-refractivity contribution >= 4 is 6.09 Å². The minimum atomic E-state index is -5.80. The zero-order valence-electron chi connectivity index (χ0n) is 9.03. The van der Waals surface area contributed by atoms with Crippen LogP contribution in [0.5, 0.6) is 0 Å². The molecule has 0 rings (SSSR count). The number of hydrogen-bond donors (Lipinski definition) is 1. The van der Waals surface area contributed by atoms with Crippen molar-refractivity contribution in [3.63, 3.8) is 0 Å². The molecule has 0 aromatic carbocycles. The zero-order chi connectivity index (χ0) is 14.1.